The number of benzene rings is 1. The first-order chi connectivity index (χ1) is 13.8. The van der Waals surface area contributed by atoms with Gasteiger partial charge in [0.1, 0.15) is 5.75 Å². The number of nitrogens with one attached hydrogen (secondary N) is 1. The molecular formula is C18H20ClN5O4S. The second kappa shape index (κ2) is 8.34. The van der Waals surface area contributed by atoms with Crippen molar-refractivity contribution < 1.29 is 9.53 Å². The second-order valence-corrected chi connectivity index (χ2v) is 7.58. The zero-order valence-corrected chi connectivity index (χ0v) is 17.9. The number of rotatable bonds is 6. The largest absolute Gasteiger partial charge is 0.495 e. The maximum atomic E-state index is 12.5. The van der Waals surface area contributed by atoms with Crippen LogP contribution in [-0.4, -0.2) is 37.5 Å². The second-order valence-electron chi connectivity index (χ2n) is 6.20. The average molecular weight is 438 g/mol. The number of aryl methyl sites for hydroxylation is 2. The van der Waals surface area contributed by atoms with E-state index in [0.717, 1.165) is 4.57 Å². The molecule has 2 heterocycles. The molecule has 0 saturated heterocycles. The summed E-state index contributed by atoms with van der Waals surface area (Å²) >= 11 is 7.16. The standard InChI is InChI=1S/C18H20ClN5O4S/c1-5-24-14-15(22(2)18(27)23(3)16(14)26)21-17(24)29-9-13(25)20-11-8-10(19)6-7-12(11)28-4/h6-8H,5,9H2,1-4H3,(H,20,25). The van der Waals surface area contributed by atoms with Crippen LogP contribution in [0.2, 0.25) is 5.02 Å². The van der Waals surface area contributed by atoms with E-state index in [2.05, 4.69) is 10.3 Å². The first-order valence-corrected chi connectivity index (χ1v) is 10.1. The highest BCUT2D eigenvalue weighted by atomic mass is 35.5. The van der Waals surface area contributed by atoms with Crippen LogP contribution in [0.1, 0.15) is 6.92 Å². The van der Waals surface area contributed by atoms with Crippen molar-refractivity contribution in [1.29, 1.82) is 0 Å². The summed E-state index contributed by atoms with van der Waals surface area (Å²) < 4.78 is 9.29. The number of imidazole rings is 1. The molecule has 3 rings (SSSR count). The Bertz CT molecular complexity index is 1210. The van der Waals surface area contributed by atoms with Gasteiger partial charge in [0.05, 0.1) is 18.6 Å². The molecule has 0 radical (unpaired) electrons. The molecule has 11 heteroatoms. The molecule has 0 saturated carbocycles. The third kappa shape index (κ3) is 3.90. The van der Waals surface area contributed by atoms with Crippen LogP contribution >= 0.6 is 23.4 Å². The molecule has 0 aliphatic heterocycles. The lowest BCUT2D eigenvalue weighted by Gasteiger charge is -2.10. The number of thioether (sulfide) groups is 1. The van der Waals surface area contributed by atoms with E-state index in [0.29, 0.717) is 39.3 Å². The van der Waals surface area contributed by atoms with Gasteiger partial charge in [-0.3, -0.25) is 18.7 Å². The minimum absolute atomic E-state index is 0.0489. The minimum atomic E-state index is -0.453. The molecule has 0 fully saturated rings. The topological polar surface area (TPSA) is 100 Å². The van der Waals surface area contributed by atoms with Gasteiger partial charge in [-0.25, -0.2) is 9.78 Å². The number of fused-ring (bicyclic) bond motifs is 1. The molecule has 1 N–H and O–H groups in total. The Balaban J connectivity index is 1.88. The number of methoxy groups -OCH3 is 1. The summed E-state index contributed by atoms with van der Waals surface area (Å²) in [4.78, 5) is 41.6. The Labute approximate surface area is 175 Å². The smallest absolute Gasteiger partial charge is 0.332 e. The van der Waals surface area contributed by atoms with Crippen LogP contribution in [0.15, 0.2) is 32.9 Å². The average Bonchev–Trinajstić information content (AvgIpc) is 3.08. The van der Waals surface area contributed by atoms with E-state index in [4.69, 9.17) is 16.3 Å². The summed E-state index contributed by atoms with van der Waals surface area (Å²) in [7, 11) is 4.49. The van der Waals surface area contributed by atoms with E-state index in [1.807, 2.05) is 6.92 Å². The van der Waals surface area contributed by atoms with Crippen molar-refractivity contribution in [2.45, 2.75) is 18.6 Å². The summed E-state index contributed by atoms with van der Waals surface area (Å²) in [6, 6.07) is 4.93. The van der Waals surface area contributed by atoms with Crippen molar-refractivity contribution in [2.24, 2.45) is 14.1 Å². The molecular weight excluding hydrogens is 418 g/mol. The molecule has 0 spiro atoms. The van der Waals surface area contributed by atoms with Gasteiger partial charge in [0.25, 0.3) is 5.56 Å². The lowest BCUT2D eigenvalue weighted by molar-refractivity contribution is -0.113. The van der Waals surface area contributed by atoms with Crippen LogP contribution in [0.3, 0.4) is 0 Å². The Morgan fingerprint density at radius 3 is 2.66 bits per heavy atom. The predicted molar refractivity (Wildman–Crippen MR) is 113 cm³/mol. The van der Waals surface area contributed by atoms with Gasteiger partial charge < -0.3 is 14.6 Å². The molecule has 1 amide bonds. The normalized spacial score (nSPS) is 11.1. The maximum Gasteiger partial charge on any atom is 0.332 e. The predicted octanol–water partition coefficient (Wildman–Crippen LogP) is 1.85. The first-order valence-electron chi connectivity index (χ1n) is 8.70. The van der Waals surface area contributed by atoms with E-state index in [-0.39, 0.29) is 11.7 Å². The summed E-state index contributed by atoms with van der Waals surface area (Å²) in [5.74, 6) is 0.256. The Morgan fingerprint density at radius 1 is 1.28 bits per heavy atom. The number of hydrogen-bond donors (Lipinski definition) is 1. The summed E-state index contributed by atoms with van der Waals surface area (Å²) in [6.45, 7) is 2.34. The van der Waals surface area contributed by atoms with Crippen LogP contribution in [0, 0.1) is 0 Å². The molecule has 2 aromatic heterocycles. The van der Waals surface area contributed by atoms with Crippen molar-refractivity contribution in [3.8, 4) is 5.75 Å². The molecule has 0 unspecified atom stereocenters. The molecule has 3 aromatic rings. The van der Waals surface area contributed by atoms with Gasteiger partial charge in [-0.1, -0.05) is 23.4 Å². The number of carbonyl (C=O) groups excluding carboxylic acids is 1. The summed E-state index contributed by atoms with van der Waals surface area (Å²) in [5.41, 5.74) is 0.213. The Morgan fingerprint density at radius 2 is 2.00 bits per heavy atom. The fourth-order valence-corrected chi connectivity index (χ4v) is 3.96. The van der Waals surface area contributed by atoms with E-state index in [9.17, 15) is 14.4 Å². The molecule has 0 aliphatic rings. The molecule has 29 heavy (non-hydrogen) atoms. The van der Waals surface area contributed by atoms with Crippen molar-refractivity contribution >= 4 is 46.1 Å². The fourth-order valence-electron chi connectivity index (χ4n) is 2.92. The summed E-state index contributed by atoms with van der Waals surface area (Å²) in [5, 5.41) is 3.71. The van der Waals surface area contributed by atoms with Crippen LogP contribution in [-0.2, 0) is 25.4 Å². The first kappa shape index (κ1) is 21.0. The number of ether oxygens (including phenoxy) is 1. The van der Waals surface area contributed by atoms with Gasteiger partial charge in [-0.15, -0.1) is 0 Å². The highest BCUT2D eigenvalue weighted by Gasteiger charge is 2.19. The van der Waals surface area contributed by atoms with Crippen molar-refractivity contribution in [3.63, 3.8) is 0 Å². The molecule has 0 atom stereocenters. The fraction of sp³-hybridized carbons (Fsp3) is 0.333. The zero-order valence-electron chi connectivity index (χ0n) is 16.4. The monoisotopic (exact) mass is 437 g/mol. The van der Waals surface area contributed by atoms with Gasteiger partial charge in [0, 0.05) is 25.7 Å². The number of anilines is 1. The molecule has 0 aliphatic carbocycles. The zero-order chi connectivity index (χ0) is 21.3. The van der Waals surface area contributed by atoms with E-state index in [1.54, 1.807) is 29.8 Å². The SMILES string of the molecule is CCn1c(SCC(=O)Nc2cc(Cl)ccc2OC)nc2c1c(=O)n(C)c(=O)n2C. The number of halogens is 1. The highest BCUT2D eigenvalue weighted by molar-refractivity contribution is 7.99. The number of carbonyl (C=O) groups is 1. The third-order valence-electron chi connectivity index (χ3n) is 4.40. The van der Waals surface area contributed by atoms with Gasteiger partial charge in [-0.05, 0) is 25.1 Å². The number of hydrogen-bond acceptors (Lipinski definition) is 6. The number of amides is 1. The van der Waals surface area contributed by atoms with E-state index >= 15 is 0 Å². The maximum absolute atomic E-state index is 12.5. The minimum Gasteiger partial charge on any atom is -0.495 e. The van der Waals surface area contributed by atoms with Gasteiger partial charge >= 0.3 is 5.69 Å². The summed E-state index contributed by atoms with van der Waals surface area (Å²) in [6.07, 6.45) is 0. The highest BCUT2D eigenvalue weighted by Crippen LogP contribution is 2.28. The molecule has 1 aromatic carbocycles. The van der Waals surface area contributed by atoms with E-state index in [1.165, 1.54) is 30.5 Å². The number of aromatic nitrogens is 4. The molecule has 9 nitrogen and oxygen atoms in total. The lowest BCUT2D eigenvalue weighted by atomic mass is 10.3. The van der Waals surface area contributed by atoms with E-state index < -0.39 is 11.2 Å². The van der Waals surface area contributed by atoms with Crippen molar-refractivity contribution in [1.82, 2.24) is 18.7 Å². The van der Waals surface area contributed by atoms with Gasteiger partial charge in [-0.2, -0.15) is 0 Å². The third-order valence-corrected chi connectivity index (χ3v) is 5.61. The molecule has 0 bridgehead atoms. The van der Waals surface area contributed by atoms with Crippen molar-refractivity contribution in [3.05, 3.63) is 44.1 Å². The molecule has 154 valence electrons. The van der Waals surface area contributed by atoms with Crippen LogP contribution < -0.4 is 21.3 Å². The van der Waals surface area contributed by atoms with Gasteiger partial charge in [0.15, 0.2) is 16.3 Å². The van der Waals surface area contributed by atoms with Crippen LogP contribution in [0.5, 0.6) is 5.75 Å². The van der Waals surface area contributed by atoms with Crippen LogP contribution in [0.4, 0.5) is 5.69 Å². The Hall–Kier alpha value is -2.72. The Kier molecular flexibility index (Phi) is 6.04. The van der Waals surface area contributed by atoms with Gasteiger partial charge in [0.2, 0.25) is 5.91 Å². The van der Waals surface area contributed by atoms with Crippen molar-refractivity contribution in [2.75, 3.05) is 18.2 Å². The lowest BCUT2D eigenvalue weighted by Crippen LogP contribution is -2.37. The quantitative estimate of drug-likeness (QED) is 0.591. The van der Waals surface area contributed by atoms with Crippen LogP contribution in [0.25, 0.3) is 11.2 Å². The number of nitrogens with zero attached hydrogens (tertiary/aromatic N) is 4.